The van der Waals surface area contributed by atoms with E-state index in [1.54, 1.807) is 7.11 Å². The number of methoxy groups -OCH3 is 1. The Morgan fingerprint density at radius 1 is 1.14 bits per heavy atom. The number of aromatic amines is 1. The number of nitrogens with zero attached hydrogens (tertiary/aromatic N) is 4. The lowest BCUT2D eigenvalue weighted by atomic mass is 10.2. The molecule has 29 heavy (non-hydrogen) atoms. The van der Waals surface area contributed by atoms with E-state index in [0.29, 0.717) is 11.8 Å². The topological polar surface area (TPSA) is 89.9 Å². The van der Waals surface area contributed by atoms with Gasteiger partial charge in [-0.05, 0) is 61.7 Å². The molecule has 1 unspecified atom stereocenters. The Labute approximate surface area is 167 Å². The first kappa shape index (κ1) is 17.7. The molecule has 0 amide bonds. The third-order valence-electron chi connectivity index (χ3n) is 5.14. The zero-order valence-corrected chi connectivity index (χ0v) is 16.1. The third kappa shape index (κ3) is 3.54. The molecule has 5 rings (SSSR count). The van der Waals surface area contributed by atoms with Crippen LogP contribution in [0.4, 0.5) is 11.6 Å². The zero-order valence-electron chi connectivity index (χ0n) is 16.1. The predicted octanol–water partition coefficient (Wildman–Crippen LogP) is 4.27. The molecule has 3 heterocycles. The molecule has 0 spiro atoms. The van der Waals surface area contributed by atoms with Crippen molar-refractivity contribution in [3.63, 3.8) is 0 Å². The molecule has 1 aliphatic heterocycles. The molecular formula is C21H22N6O2. The summed E-state index contributed by atoms with van der Waals surface area (Å²) in [6.07, 6.45) is 5.21. The maximum absolute atomic E-state index is 5.87. The summed E-state index contributed by atoms with van der Waals surface area (Å²) in [5, 5.41) is 17.3. The fourth-order valence-electron chi connectivity index (χ4n) is 3.61. The van der Waals surface area contributed by atoms with Gasteiger partial charge in [0.1, 0.15) is 5.75 Å². The number of ether oxygens (including phenoxy) is 2. The highest BCUT2D eigenvalue weighted by molar-refractivity contribution is 5.83. The van der Waals surface area contributed by atoms with Crippen LogP contribution in [0.2, 0.25) is 0 Å². The lowest BCUT2D eigenvalue weighted by Gasteiger charge is -2.23. The number of nitrogens with one attached hydrogen (secondary N) is 2. The molecule has 0 aliphatic carbocycles. The molecule has 2 aromatic heterocycles. The number of anilines is 2. The molecule has 0 saturated carbocycles. The van der Waals surface area contributed by atoms with Crippen molar-refractivity contribution in [2.45, 2.75) is 25.5 Å². The highest BCUT2D eigenvalue weighted by Gasteiger charge is 2.18. The molecule has 2 N–H and O–H groups in total. The van der Waals surface area contributed by atoms with Gasteiger partial charge in [-0.15, -0.1) is 10.2 Å². The highest BCUT2D eigenvalue weighted by atomic mass is 16.5. The van der Waals surface area contributed by atoms with Gasteiger partial charge in [-0.25, -0.2) is 4.68 Å². The van der Waals surface area contributed by atoms with Gasteiger partial charge in [-0.3, -0.25) is 0 Å². The van der Waals surface area contributed by atoms with Crippen LogP contribution in [-0.2, 0) is 4.74 Å². The maximum atomic E-state index is 5.87. The van der Waals surface area contributed by atoms with Crippen molar-refractivity contribution in [1.29, 1.82) is 0 Å². The number of rotatable bonds is 5. The lowest BCUT2D eigenvalue weighted by molar-refractivity contribution is -0.0366. The van der Waals surface area contributed by atoms with E-state index in [2.05, 4.69) is 37.7 Å². The van der Waals surface area contributed by atoms with Crippen LogP contribution >= 0.6 is 0 Å². The highest BCUT2D eigenvalue weighted by Crippen LogP contribution is 2.28. The van der Waals surface area contributed by atoms with E-state index in [0.717, 1.165) is 47.4 Å². The first-order valence-electron chi connectivity index (χ1n) is 9.73. The van der Waals surface area contributed by atoms with Crippen molar-refractivity contribution in [2.24, 2.45) is 0 Å². The molecule has 2 aromatic carbocycles. The first-order valence-corrected chi connectivity index (χ1v) is 9.73. The van der Waals surface area contributed by atoms with E-state index in [9.17, 15) is 0 Å². The van der Waals surface area contributed by atoms with Gasteiger partial charge in [0.2, 0.25) is 5.95 Å². The maximum Gasteiger partial charge on any atom is 0.226 e. The quantitative estimate of drug-likeness (QED) is 0.529. The number of aromatic nitrogens is 5. The Balaban J connectivity index is 1.34. The number of fused-ring (bicyclic) bond motifs is 1. The Morgan fingerprint density at radius 2 is 2.03 bits per heavy atom. The van der Waals surface area contributed by atoms with E-state index in [-0.39, 0.29) is 6.23 Å². The van der Waals surface area contributed by atoms with Crippen molar-refractivity contribution in [3.8, 4) is 17.1 Å². The van der Waals surface area contributed by atoms with Crippen LogP contribution in [0.25, 0.3) is 22.3 Å². The molecule has 1 atom stereocenters. The van der Waals surface area contributed by atoms with Crippen molar-refractivity contribution in [2.75, 3.05) is 19.0 Å². The molecule has 148 valence electrons. The van der Waals surface area contributed by atoms with Gasteiger partial charge in [0.05, 0.1) is 18.8 Å². The zero-order chi connectivity index (χ0) is 19.6. The summed E-state index contributed by atoms with van der Waals surface area (Å²) in [6.45, 7) is 0.799. The molecule has 1 saturated heterocycles. The average Bonchev–Trinajstić information content (AvgIpc) is 3.41. The van der Waals surface area contributed by atoms with Crippen LogP contribution in [0.15, 0.2) is 48.7 Å². The summed E-state index contributed by atoms with van der Waals surface area (Å²) in [5.74, 6) is 2.08. The molecule has 0 bridgehead atoms. The van der Waals surface area contributed by atoms with E-state index in [1.165, 1.54) is 6.42 Å². The smallest absolute Gasteiger partial charge is 0.226 e. The minimum atomic E-state index is 0.0291. The summed E-state index contributed by atoms with van der Waals surface area (Å²) in [6, 6.07) is 13.8. The summed E-state index contributed by atoms with van der Waals surface area (Å²) >= 11 is 0. The summed E-state index contributed by atoms with van der Waals surface area (Å²) < 4.78 is 13.0. The predicted molar refractivity (Wildman–Crippen MR) is 110 cm³/mol. The number of hydrogen-bond acceptors (Lipinski definition) is 6. The molecule has 1 aliphatic rings. The second kappa shape index (κ2) is 7.56. The monoisotopic (exact) mass is 390 g/mol. The van der Waals surface area contributed by atoms with Crippen molar-refractivity contribution in [3.05, 3.63) is 48.7 Å². The van der Waals surface area contributed by atoms with Crippen LogP contribution in [0.1, 0.15) is 25.5 Å². The number of H-pyrrole nitrogens is 1. The minimum absolute atomic E-state index is 0.0291. The Hall–Kier alpha value is -3.39. The number of hydrogen-bond donors (Lipinski definition) is 2. The normalized spacial score (nSPS) is 16.8. The van der Waals surface area contributed by atoms with E-state index < -0.39 is 0 Å². The van der Waals surface area contributed by atoms with E-state index in [1.807, 2.05) is 41.2 Å². The van der Waals surface area contributed by atoms with Crippen molar-refractivity contribution >= 4 is 22.5 Å². The van der Waals surface area contributed by atoms with Gasteiger partial charge < -0.3 is 19.8 Å². The molecule has 4 aromatic rings. The standard InChI is InChI=1S/C21H22N6O2/c1-28-17-8-5-14(6-9-17)20-24-21(26-25-20)23-16-7-10-18-15(12-16)13-22-27(18)19-4-2-3-11-29-19/h5-10,12-13,19H,2-4,11H2,1H3,(H2,23,24,25,26). The Kier molecular flexibility index (Phi) is 4.61. The minimum Gasteiger partial charge on any atom is -0.497 e. The largest absolute Gasteiger partial charge is 0.497 e. The summed E-state index contributed by atoms with van der Waals surface area (Å²) in [5.41, 5.74) is 2.92. The van der Waals surface area contributed by atoms with E-state index >= 15 is 0 Å². The van der Waals surface area contributed by atoms with E-state index in [4.69, 9.17) is 9.47 Å². The molecule has 8 heteroatoms. The van der Waals surface area contributed by atoms with Crippen LogP contribution in [0, 0.1) is 0 Å². The average molecular weight is 390 g/mol. The first-order chi connectivity index (χ1) is 14.3. The second-order valence-corrected chi connectivity index (χ2v) is 7.06. The Morgan fingerprint density at radius 3 is 2.83 bits per heavy atom. The van der Waals surface area contributed by atoms with Crippen LogP contribution in [0.3, 0.4) is 0 Å². The molecule has 8 nitrogen and oxygen atoms in total. The summed E-state index contributed by atoms with van der Waals surface area (Å²) in [7, 11) is 1.65. The third-order valence-corrected chi connectivity index (χ3v) is 5.14. The van der Waals surface area contributed by atoms with Crippen LogP contribution < -0.4 is 10.1 Å². The van der Waals surface area contributed by atoms with Crippen molar-refractivity contribution in [1.82, 2.24) is 25.0 Å². The van der Waals surface area contributed by atoms with Crippen molar-refractivity contribution < 1.29 is 9.47 Å². The van der Waals surface area contributed by atoms with Gasteiger partial charge in [-0.2, -0.15) is 5.10 Å². The molecule has 0 radical (unpaired) electrons. The van der Waals surface area contributed by atoms with Gasteiger partial charge in [-0.1, -0.05) is 0 Å². The fraction of sp³-hybridized carbons (Fsp3) is 0.286. The SMILES string of the molecule is COc1ccc(-c2nnc(Nc3ccc4c(cnn4C4CCCCO4)c3)[nH]2)cc1. The second-order valence-electron chi connectivity index (χ2n) is 7.06. The van der Waals surface area contributed by atoms with Gasteiger partial charge in [0.15, 0.2) is 12.1 Å². The summed E-state index contributed by atoms with van der Waals surface area (Å²) in [4.78, 5) is 3.21. The fourth-order valence-corrected chi connectivity index (χ4v) is 3.61. The number of benzene rings is 2. The Bertz CT molecular complexity index is 1110. The van der Waals surface area contributed by atoms with Gasteiger partial charge >= 0.3 is 0 Å². The molecule has 1 fully saturated rings. The lowest BCUT2D eigenvalue weighted by Crippen LogP contribution is -2.18. The van der Waals surface area contributed by atoms with Gasteiger partial charge in [0.25, 0.3) is 0 Å². The van der Waals surface area contributed by atoms with Crippen LogP contribution in [-0.4, -0.2) is 38.7 Å². The van der Waals surface area contributed by atoms with Crippen LogP contribution in [0.5, 0.6) is 5.75 Å². The van der Waals surface area contributed by atoms with Gasteiger partial charge in [0, 0.05) is 23.2 Å². The molecular weight excluding hydrogens is 368 g/mol.